The van der Waals surface area contributed by atoms with Gasteiger partial charge in [0.2, 0.25) is 0 Å². The lowest BCUT2D eigenvalue weighted by atomic mass is 9.98. The lowest BCUT2D eigenvalue weighted by molar-refractivity contribution is -0.149. The Balaban J connectivity index is 3.58. The van der Waals surface area contributed by atoms with E-state index in [1.165, 1.54) is 57.8 Å². The summed E-state index contributed by atoms with van der Waals surface area (Å²) in [6.07, 6.45) is 14.3. The van der Waals surface area contributed by atoms with Crippen molar-refractivity contribution in [3.63, 3.8) is 0 Å². The smallest absolute Gasteiger partial charge is 0.308 e. The SMILES string of the molecule is CCCCCCCCC(CC)C(=O)OCCCCCC. The fourth-order valence-electron chi connectivity index (χ4n) is 2.48. The van der Waals surface area contributed by atoms with Crippen molar-refractivity contribution in [1.82, 2.24) is 0 Å². The fourth-order valence-corrected chi connectivity index (χ4v) is 2.48. The van der Waals surface area contributed by atoms with Crippen molar-refractivity contribution in [3.8, 4) is 0 Å². The van der Waals surface area contributed by atoms with E-state index in [-0.39, 0.29) is 11.9 Å². The van der Waals surface area contributed by atoms with Gasteiger partial charge in [0, 0.05) is 0 Å². The summed E-state index contributed by atoms with van der Waals surface area (Å²) in [6, 6.07) is 0. The molecular weight excluding hydrogens is 248 g/mol. The van der Waals surface area contributed by atoms with Gasteiger partial charge in [0.25, 0.3) is 0 Å². The second-order valence-electron chi connectivity index (χ2n) is 5.89. The number of hydrogen-bond acceptors (Lipinski definition) is 2. The van der Waals surface area contributed by atoms with Gasteiger partial charge in [-0.1, -0.05) is 78.6 Å². The highest BCUT2D eigenvalue weighted by Gasteiger charge is 2.17. The lowest BCUT2D eigenvalue weighted by Gasteiger charge is -2.14. The summed E-state index contributed by atoms with van der Waals surface area (Å²) >= 11 is 0. The average molecular weight is 284 g/mol. The van der Waals surface area contributed by atoms with Crippen LogP contribution in [-0.2, 0) is 9.53 Å². The van der Waals surface area contributed by atoms with Crippen LogP contribution in [0.15, 0.2) is 0 Å². The number of carbonyl (C=O) groups is 1. The average Bonchev–Trinajstić information content (AvgIpc) is 2.46. The number of esters is 1. The van der Waals surface area contributed by atoms with Crippen LogP contribution < -0.4 is 0 Å². The van der Waals surface area contributed by atoms with E-state index in [2.05, 4.69) is 20.8 Å². The third kappa shape index (κ3) is 11.3. The summed E-state index contributed by atoms with van der Waals surface area (Å²) < 4.78 is 5.40. The number of unbranched alkanes of at least 4 members (excludes halogenated alkanes) is 8. The molecule has 0 spiro atoms. The minimum Gasteiger partial charge on any atom is -0.465 e. The zero-order chi connectivity index (χ0) is 15.1. The van der Waals surface area contributed by atoms with Gasteiger partial charge in [0.05, 0.1) is 12.5 Å². The van der Waals surface area contributed by atoms with Crippen LogP contribution in [0.1, 0.15) is 97.8 Å². The number of carbonyl (C=O) groups excluding carboxylic acids is 1. The van der Waals surface area contributed by atoms with Gasteiger partial charge in [-0.05, 0) is 19.3 Å². The normalized spacial score (nSPS) is 12.3. The zero-order valence-corrected chi connectivity index (χ0v) is 14.1. The standard InChI is InChI=1S/C18H36O2/c1-4-7-9-11-12-13-15-17(6-3)18(19)20-16-14-10-8-5-2/h17H,4-16H2,1-3H3. The molecule has 1 unspecified atom stereocenters. The molecule has 0 aliphatic heterocycles. The Morgan fingerprint density at radius 1 is 0.800 bits per heavy atom. The van der Waals surface area contributed by atoms with Crippen LogP contribution in [0.3, 0.4) is 0 Å². The molecule has 0 aliphatic carbocycles. The summed E-state index contributed by atoms with van der Waals surface area (Å²) in [5.74, 6) is 0.171. The molecule has 0 aromatic rings. The Labute approximate surface area is 126 Å². The lowest BCUT2D eigenvalue weighted by Crippen LogP contribution is -2.17. The van der Waals surface area contributed by atoms with Gasteiger partial charge in [-0.25, -0.2) is 0 Å². The van der Waals surface area contributed by atoms with E-state index in [4.69, 9.17) is 4.74 Å². The van der Waals surface area contributed by atoms with Gasteiger partial charge in [-0.15, -0.1) is 0 Å². The molecule has 0 radical (unpaired) electrons. The highest BCUT2D eigenvalue weighted by molar-refractivity contribution is 5.72. The van der Waals surface area contributed by atoms with E-state index in [0.717, 1.165) is 19.3 Å². The first-order chi connectivity index (χ1) is 9.76. The van der Waals surface area contributed by atoms with Crippen LogP contribution in [0.4, 0.5) is 0 Å². The first kappa shape index (κ1) is 19.5. The number of ether oxygens (including phenoxy) is 1. The molecule has 0 aliphatic rings. The minimum absolute atomic E-state index is 0.0394. The maximum Gasteiger partial charge on any atom is 0.308 e. The Morgan fingerprint density at radius 3 is 1.95 bits per heavy atom. The van der Waals surface area contributed by atoms with E-state index < -0.39 is 0 Å². The van der Waals surface area contributed by atoms with Gasteiger partial charge >= 0.3 is 5.97 Å². The maximum absolute atomic E-state index is 12.0. The van der Waals surface area contributed by atoms with Crippen LogP contribution in [-0.4, -0.2) is 12.6 Å². The zero-order valence-electron chi connectivity index (χ0n) is 14.1. The summed E-state index contributed by atoms with van der Waals surface area (Å²) in [7, 11) is 0. The molecule has 120 valence electrons. The molecule has 1 atom stereocenters. The Morgan fingerprint density at radius 2 is 1.35 bits per heavy atom. The summed E-state index contributed by atoms with van der Waals surface area (Å²) in [5.41, 5.74) is 0. The molecule has 0 aromatic carbocycles. The van der Waals surface area contributed by atoms with Crippen molar-refractivity contribution in [2.45, 2.75) is 97.8 Å². The van der Waals surface area contributed by atoms with Crippen molar-refractivity contribution in [3.05, 3.63) is 0 Å². The van der Waals surface area contributed by atoms with Gasteiger partial charge in [-0.2, -0.15) is 0 Å². The second-order valence-corrected chi connectivity index (χ2v) is 5.89. The molecule has 0 bridgehead atoms. The second kappa shape index (κ2) is 14.9. The molecule has 0 heterocycles. The molecule has 2 nitrogen and oxygen atoms in total. The molecule has 0 saturated carbocycles. The maximum atomic E-state index is 12.0. The van der Waals surface area contributed by atoms with Crippen LogP contribution in [0.5, 0.6) is 0 Å². The van der Waals surface area contributed by atoms with Crippen molar-refractivity contribution < 1.29 is 9.53 Å². The molecule has 0 aromatic heterocycles. The van der Waals surface area contributed by atoms with Gasteiger partial charge < -0.3 is 4.74 Å². The summed E-state index contributed by atoms with van der Waals surface area (Å²) in [5, 5.41) is 0. The predicted molar refractivity (Wildman–Crippen MR) is 86.9 cm³/mol. The van der Waals surface area contributed by atoms with Gasteiger partial charge in [-0.3, -0.25) is 4.79 Å². The van der Waals surface area contributed by atoms with Crippen molar-refractivity contribution >= 4 is 5.97 Å². The fraction of sp³-hybridized carbons (Fsp3) is 0.944. The number of rotatable bonds is 14. The van der Waals surface area contributed by atoms with Gasteiger partial charge in [0.1, 0.15) is 0 Å². The van der Waals surface area contributed by atoms with Crippen molar-refractivity contribution in [1.29, 1.82) is 0 Å². The Bertz CT molecular complexity index is 213. The third-order valence-corrected chi connectivity index (χ3v) is 3.97. The molecule has 2 heteroatoms. The van der Waals surface area contributed by atoms with E-state index in [9.17, 15) is 4.79 Å². The summed E-state index contributed by atoms with van der Waals surface area (Å²) in [4.78, 5) is 12.0. The summed E-state index contributed by atoms with van der Waals surface area (Å²) in [6.45, 7) is 7.15. The van der Waals surface area contributed by atoms with E-state index in [1.807, 2.05) is 0 Å². The van der Waals surface area contributed by atoms with Crippen LogP contribution >= 0.6 is 0 Å². The minimum atomic E-state index is 0.0394. The Kier molecular flexibility index (Phi) is 14.5. The molecule has 0 fully saturated rings. The van der Waals surface area contributed by atoms with Crippen LogP contribution in [0.2, 0.25) is 0 Å². The van der Waals surface area contributed by atoms with Crippen LogP contribution in [0.25, 0.3) is 0 Å². The molecule has 0 rings (SSSR count). The topological polar surface area (TPSA) is 26.3 Å². The number of hydrogen-bond donors (Lipinski definition) is 0. The first-order valence-electron chi connectivity index (χ1n) is 8.92. The van der Waals surface area contributed by atoms with E-state index in [1.54, 1.807) is 0 Å². The molecular formula is C18H36O2. The van der Waals surface area contributed by atoms with Crippen molar-refractivity contribution in [2.75, 3.05) is 6.61 Å². The quantitative estimate of drug-likeness (QED) is 0.294. The highest BCUT2D eigenvalue weighted by atomic mass is 16.5. The molecule has 0 saturated heterocycles. The van der Waals surface area contributed by atoms with E-state index >= 15 is 0 Å². The predicted octanol–water partition coefficient (Wildman–Crippen LogP) is 5.89. The molecule has 20 heavy (non-hydrogen) atoms. The largest absolute Gasteiger partial charge is 0.465 e. The third-order valence-electron chi connectivity index (χ3n) is 3.97. The monoisotopic (exact) mass is 284 g/mol. The van der Waals surface area contributed by atoms with E-state index in [0.29, 0.717) is 6.61 Å². The molecule has 0 amide bonds. The Hall–Kier alpha value is -0.530. The van der Waals surface area contributed by atoms with Crippen molar-refractivity contribution in [2.24, 2.45) is 5.92 Å². The van der Waals surface area contributed by atoms with Crippen LogP contribution in [0, 0.1) is 5.92 Å². The first-order valence-corrected chi connectivity index (χ1v) is 8.92. The highest BCUT2D eigenvalue weighted by Crippen LogP contribution is 2.17. The molecule has 0 N–H and O–H groups in total. The van der Waals surface area contributed by atoms with Gasteiger partial charge in [0.15, 0.2) is 0 Å².